The molecule has 0 amide bonds. The maximum Gasteiger partial charge on any atom is 0.200 e. The van der Waals surface area contributed by atoms with Crippen molar-refractivity contribution in [2.24, 2.45) is 7.05 Å². The van der Waals surface area contributed by atoms with E-state index in [0.29, 0.717) is 22.3 Å². The first kappa shape index (κ1) is 18.4. The van der Waals surface area contributed by atoms with Crippen LogP contribution in [0, 0.1) is 0 Å². The average molecular weight is 414 g/mol. The molecule has 3 heterocycles. The molecular formula is C23H18N4O2S. The lowest BCUT2D eigenvalue weighted by Crippen LogP contribution is -2.05. The molecule has 0 spiro atoms. The number of carbonyl (C=O) groups is 1. The number of H-pyrrole nitrogens is 1. The van der Waals surface area contributed by atoms with Gasteiger partial charge in [0, 0.05) is 18.0 Å². The molecule has 5 aromatic rings. The summed E-state index contributed by atoms with van der Waals surface area (Å²) in [6.45, 7) is 0. The molecule has 7 heteroatoms. The predicted octanol–water partition coefficient (Wildman–Crippen LogP) is 5.20. The van der Waals surface area contributed by atoms with Crippen LogP contribution >= 0.6 is 11.8 Å². The average Bonchev–Trinajstić information content (AvgIpc) is 3.51. The topological polar surface area (TPSA) is 76.7 Å². The highest BCUT2D eigenvalue weighted by Gasteiger charge is 2.21. The van der Waals surface area contributed by atoms with Gasteiger partial charge in [-0.2, -0.15) is 0 Å². The lowest BCUT2D eigenvalue weighted by molar-refractivity contribution is 0.102. The molecule has 0 unspecified atom stereocenters. The second kappa shape index (κ2) is 7.68. The second-order valence-electron chi connectivity index (χ2n) is 6.84. The van der Waals surface area contributed by atoms with Crippen molar-refractivity contribution in [1.29, 1.82) is 0 Å². The number of Topliss-reactive ketones (excluding diaryl/α,β-unsaturated/α-hetero) is 1. The van der Waals surface area contributed by atoms with Crippen LogP contribution in [0.25, 0.3) is 33.7 Å². The van der Waals surface area contributed by atoms with E-state index in [2.05, 4.69) is 15.2 Å². The first-order valence-corrected chi connectivity index (χ1v) is 10.5. The van der Waals surface area contributed by atoms with Gasteiger partial charge in [0.1, 0.15) is 0 Å². The first-order chi connectivity index (χ1) is 14.7. The van der Waals surface area contributed by atoms with Gasteiger partial charge in [0.25, 0.3) is 0 Å². The number of carbonyl (C=O) groups excluding carboxylic acids is 1. The molecule has 0 aliphatic carbocycles. The molecule has 0 radical (unpaired) electrons. The van der Waals surface area contributed by atoms with E-state index in [1.165, 1.54) is 11.8 Å². The van der Waals surface area contributed by atoms with Gasteiger partial charge in [-0.3, -0.25) is 4.79 Å². The van der Waals surface area contributed by atoms with Crippen molar-refractivity contribution in [3.8, 4) is 22.8 Å². The number of aromatic nitrogens is 4. The number of fused-ring (bicyclic) bond motifs is 1. The number of nitrogens with zero attached hydrogens (tertiary/aromatic N) is 3. The van der Waals surface area contributed by atoms with Crippen LogP contribution in [0.4, 0.5) is 0 Å². The number of hydrogen-bond donors (Lipinski definition) is 1. The Morgan fingerprint density at radius 3 is 2.63 bits per heavy atom. The van der Waals surface area contributed by atoms with Crippen molar-refractivity contribution in [1.82, 2.24) is 19.7 Å². The molecule has 0 aliphatic heterocycles. The van der Waals surface area contributed by atoms with Crippen LogP contribution in [0.2, 0.25) is 0 Å². The summed E-state index contributed by atoms with van der Waals surface area (Å²) in [5, 5.41) is 10.0. The number of thioether (sulfide) groups is 1. The van der Waals surface area contributed by atoms with E-state index in [9.17, 15) is 4.79 Å². The van der Waals surface area contributed by atoms with Gasteiger partial charge in [0.05, 0.1) is 23.3 Å². The molecule has 2 aromatic carbocycles. The Kier molecular flexibility index (Phi) is 4.72. The van der Waals surface area contributed by atoms with Crippen molar-refractivity contribution >= 4 is 28.4 Å². The monoisotopic (exact) mass is 414 g/mol. The summed E-state index contributed by atoms with van der Waals surface area (Å²) in [4.78, 5) is 16.7. The Morgan fingerprint density at radius 1 is 1.03 bits per heavy atom. The van der Waals surface area contributed by atoms with Crippen LogP contribution in [0.15, 0.2) is 82.6 Å². The number of para-hydroxylation sites is 1. The fraction of sp³-hybridized carbons (Fsp3) is 0.0870. The highest BCUT2D eigenvalue weighted by molar-refractivity contribution is 7.99. The van der Waals surface area contributed by atoms with Crippen molar-refractivity contribution in [3.63, 3.8) is 0 Å². The van der Waals surface area contributed by atoms with Gasteiger partial charge >= 0.3 is 0 Å². The Bertz CT molecular complexity index is 1320. The summed E-state index contributed by atoms with van der Waals surface area (Å²) in [5.74, 6) is 1.57. The summed E-state index contributed by atoms with van der Waals surface area (Å²) >= 11 is 1.37. The van der Waals surface area contributed by atoms with E-state index in [1.54, 1.807) is 6.26 Å². The van der Waals surface area contributed by atoms with E-state index in [1.807, 2.05) is 78.3 Å². The van der Waals surface area contributed by atoms with Crippen LogP contribution in [-0.4, -0.2) is 31.3 Å². The van der Waals surface area contributed by atoms with Crippen molar-refractivity contribution in [2.75, 3.05) is 5.75 Å². The molecule has 5 rings (SSSR count). The van der Waals surface area contributed by atoms with Gasteiger partial charge in [-0.15, -0.1) is 10.2 Å². The van der Waals surface area contributed by atoms with Gasteiger partial charge in [0.2, 0.25) is 0 Å². The SMILES string of the molecule is Cn1c(SCC(=O)c2c(-c3ccccc3)[nH]c3ccccc23)nnc1-c1ccco1. The quantitative estimate of drug-likeness (QED) is 0.305. The minimum absolute atomic E-state index is 0.0406. The Hall–Kier alpha value is -3.58. The Labute approximate surface area is 176 Å². The van der Waals surface area contributed by atoms with Crippen LogP contribution < -0.4 is 0 Å². The molecule has 0 saturated heterocycles. The minimum atomic E-state index is 0.0406. The third-order valence-corrected chi connectivity index (χ3v) is 5.98. The van der Waals surface area contributed by atoms with Crippen LogP contribution in [0.3, 0.4) is 0 Å². The third-order valence-electron chi connectivity index (χ3n) is 4.96. The molecule has 6 nitrogen and oxygen atoms in total. The third kappa shape index (κ3) is 3.23. The maximum atomic E-state index is 13.3. The van der Waals surface area contributed by atoms with Gasteiger partial charge in [-0.05, 0) is 23.8 Å². The summed E-state index contributed by atoms with van der Waals surface area (Å²) in [6.07, 6.45) is 1.60. The fourth-order valence-electron chi connectivity index (χ4n) is 3.52. The zero-order valence-electron chi connectivity index (χ0n) is 16.2. The highest BCUT2D eigenvalue weighted by atomic mass is 32.2. The van der Waals surface area contributed by atoms with E-state index in [0.717, 1.165) is 22.2 Å². The Morgan fingerprint density at radius 2 is 1.83 bits per heavy atom. The highest BCUT2D eigenvalue weighted by Crippen LogP contribution is 2.32. The number of nitrogens with one attached hydrogen (secondary N) is 1. The maximum absolute atomic E-state index is 13.3. The molecule has 1 N–H and O–H groups in total. The molecule has 148 valence electrons. The minimum Gasteiger partial charge on any atom is -0.461 e. The van der Waals surface area contributed by atoms with Crippen molar-refractivity contribution < 1.29 is 9.21 Å². The number of aromatic amines is 1. The standard InChI is InChI=1S/C23H18N4O2S/c1-27-22(19-12-7-13-29-19)25-26-23(27)30-14-18(28)20-16-10-5-6-11-17(16)24-21(20)15-8-3-2-4-9-15/h2-13,24H,14H2,1H3. The zero-order valence-corrected chi connectivity index (χ0v) is 17.0. The molecule has 30 heavy (non-hydrogen) atoms. The normalized spacial score (nSPS) is 11.2. The zero-order chi connectivity index (χ0) is 20.5. The van der Waals surface area contributed by atoms with Gasteiger partial charge in [0.15, 0.2) is 22.5 Å². The molecule has 3 aromatic heterocycles. The van der Waals surface area contributed by atoms with Gasteiger partial charge in [-0.1, -0.05) is 60.3 Å². The number of rotatable bonds is 6. The van der Waals surface area contributed by atoms with Crippen LogP contribution in [-0.2, 0) is 7.05 Å². The summed E-state index contributed by atoms with van der Waals surface area (Å²) in [6, 6.07) is 21.5. The lowest BCUT2D eigenvalue weighted by atomic mass is 10.0. The lowest BCUT2D eigenvalue weighted by Gasteiger charge is -2.05. The first-order valence-electron chi connectivity index (χ1n) is 9.48. The summed E-state index contributed by atoms with van der Waals surface area (Å²) < 4.78 is 7.24. The number of ketones is 1. The van der Waals surface area contributed by atoms with Gasteiger partial charge in [-0.25, -0.2) is 0 Å². The largest absolute Gasteiger partial charge is 0.461 e. The molecule has 0 saturated carbocycles. The van der Waals surface area contributed by atoms with Crippen molar-refractivity contribution in [3.05, 3.63) is 78.6 Å². The second-order valence-corrected chi connectivity index (χ2v) is 7.78. The molecule has 0 aliphatic rings. The van der Waals surface area contributed by atoms with Crippen molar-refractivity contribution in [2.45, 2.75) is 5.16 Å². The molecule has 0 fully saturated rings. The number of hydrogen-bond acceptors (Lipinski definition) is 5. The molecule has 0 atom stereocenters. The van der Waals surface area contributed by atoms with E-state index in [4.69, 9.17) is 4.42 Å². The van der Waals surface area contributed by atoms with Crippen LogP contribution in [0.1, 0.15) is 10.4 Å². The summed E-state index contributed by atoms with van der Waals surface area (Å²) in [5.41, 5.74) is 3.48. The number of benzene rings is 2. The van der Waals surface area contributed by atoms with Gasteiger partial charge < -0.3 is 14.0 Å². The van der Waals surface area contributed by atoms with E-state index >= 15 is 0 Å². The number of furan rings is 1. The van der Waals surface area contributed by atoms with E-state index < -0.39 is 0 Å². The predicted molar refractivity (Wildman–Crippen MR) is 117 cm³/mol. The van der Waals surface area contributed by atoms with Crippen LogP contribution in [0.5, 0.6) is 0 Å². The molecular weight excluding hydrogens is 396 g/mol. The Balaban J connectivity index is 1.46. The molecule has 0 bridgehead atoms. The fourth-order valence-corrected chi connectivity index (χ4v) is 4.30. The smallest absolute Gasteiger partial charge is 0.200 e. The summed E-state index contributed by atoms with van der Waals surface area (Å²) in [7, 11) is 1.87. The van der Waals surface area contributed by atoms with E-state index in [-0.39, 0.29) is 11.5 Å².